The molecule has 2 unspecified atom stereocenters. The lowest BCUT2D eigenvalue weighted by molar-refractivity contribution is 0.0942. The first-order valence-electron chi connectivity index (χ1n) is 8.06. The number of thiocarbonyl (C=S) groups is 1. The van der Waals surface area contributed by atoms with Gasteiger partial charge in [-0.1, -0.05) is 30.4 Å². The summed E-state index contributed by atoms with van der Waals surface area (Å²) < 4.78 is 13.1. The van der Waals surface area contributed by atoms with Crippen molar-refractivity contribution in [3.63, 3.8) is 0 Å². The Morgan fingerprint density at radius 2 is 1.96 bits per heavy atom. The molecule has 0 saturated carbocycles. The smallest absolute Gasteiger partial charge is 0.251 e. The maximum Gasteiger partial charge on any atom is 0.251 e. The molecule has 1 heterocycles. The topological polar surface area (TPSA) is 82.6 Å². The SMILES string of the molecule is CNC(c1ccccc1C(=O)NC(C)C)S(=O)C1=NC(C)(C)C(=S)N1. The molecule has 1 aliphatic heterocycles. The van der Waals surface area contributed by atoms with Crippen molar-refractivity contribution < 1.29 is 9.00 Å². The number of nitrogens with zero attached hydrogens (tertiary/aromatic N) is 1. The number of carbonyl (C=O) groups is 1. The fourth-order valence-corrected chi connectivity index (χ4v) is 4.04. The average molecular weight is 381 g/mol. The Morgan fingerprint density at radius 1 is 1.32 bits per heavy atom. The van der Waals surface area contributed by atoms with Crippen LogP contribution in [0, 0.1) is 0 Å². The van der Waals surface area contributed by atoms with Crippen molar-refractivity contribution in [1.29, 1.82) is 0 Å². The number of nitrogens with one attached hydrogen (secondary N) is 3. The molecule has 0 aromatic heterocycles. The van der Waals surface area contributed by atoms with E-state index in [1.165, 1.54) is 0 Å². The van der Waals surface area contributed by atoms with Gasteiger partial charge in [0, 0.05) is 11.6 Å². The summed E-state index contributed by atoms with van der Waals surface area (Å²) in [6, 6.07) is 7.15. The summed E-state index contributed by atoms with van der Waals surface area (Å²) in [4.78, 5) is 17.5. The Labute approximate surface area is 156 Å². The fraction of sp³-hybridized carbons (Fsp3) is 0.471. The minimum absolute atomic E-state index is 0.0122. The van der Waals surface area contributed by atoms with E-state index in [-0.39, 0.29) is 11.9 Å². The van der Waals surface area contributed by atoms with Crippen LogP contribution in [0.15, 0.2) is 29.3 Å². The summed E-state index contributed by atoms with van der Waals surface area (Å²) in [5.41, 5.74) is 0.568. The van der Waals surface area contributed by atoms with Crippen LogP contribution in [-0.4, -0.2) is 38.9 Å². The van der Waals surface area contributed by atoms with Crippen LogP contribution in [0.1, 0.15) is 49.0 Å². The van der Waals surface area contributed by atoms with Crippen molar-refractivity contribution in [2.75, 3.05) is 7.05 Å². The molecule has 0 aliphatic carbocycles. The van der Waals surface area contributed by atoms with Gasteiger partial charge < -0.3 is 16.0 Å². The van der Waals surface area contributed by atoms with Gasteiger partial charge in [0.2, 0.25) is 0 Å². The van der Waals surface area contributed by atoms with Gasteiger partial charge in [-0.25, -0.2) is 9.20 Å². The predicted octanol–water partition coefficient (Wildman–Crippen LogP) is 1.86. The monoisotopic (exact) mass is 380 g/mol. The van der Waals surface area contributed by atoms with E-state index < -0.39 is 21.7 Å². The molecule has 0 radical (unpaired) electrons. The molecule has 1 aromatic rings. The minimum Gasteiger partial charge on any atom is -0.350 e. The Bertz CT molecular complexity index is 744. The van der Waals surface area contributed by atoms with Crippen LogP contribution in [0.4, 0.5) is 0 Å². The van der Waals surface area contributed by atoms with Crippen molar-refractivity contribution in [2.24, 2.45) is 4.99 Å². The van der Waals surface area contributed by atoms with Gasteiger partial charge in [0.15, 0.2) is 5.17 Å². The summed E-state index contributed by atoms with van der Waals surface area (Å²) in [5.74, 6) is -0.194. The zero-order valence-electron chi connectivity index (χ0n) is 15.0. The van der Waals surface area contributed by atoms with E-state index in [2.05, 4.69) is 20.9 Å². The molecule has 0 fully saturated rings. The second-order valence-corrected chi connectivity index (χ2v) is 8.47. The van der Waals surface area contributed by atoms with Crippen molar-refractivity contribution in [3.05, 3.63) is 35.4 Å². The molecular formula is C17H24N4O2S2. The van der Waals surface area contributed by atoms with E-state index >= 15 is 0 Å². The van der Waals surface area contributed by atoms with Gasteiger partial charge in [0.05, 0.1) is 0 Å². The van der Waals surface area contributed by atoms with Gasteiger partial charge in [0.1, 0.15) is 26.7 Å². The van der Waals surface area contributed by atoms with Gasteiger partial charge in [0.25, 0.3) is 5.91 Å². The Balaban J connectivity index is 2.38. The van der Waals surface area contributed by atoms with E-state index in [9.17, 15) is 9.00 Å². The van der Waals surface area contributed by atoms with Crippen LogP contribution in [-0.2, 0) is 10.8 Å². The molecule has 1 aliphatic rings. The molecule has 8 heteroatoms. The maximum atomic E-state index is 13.1. The molecule has 6 nitrogen and oxygen atoms in total. The third-order valence-electron chi connectivity index (χ3n) is 3.73. The highest BCUT2D eigenvalue weighted by Gasteiger charge is 2.36. The van der Waals surface area contributed by atoms with Crippen LogP contribution in [0.5, 0.6) is 0 Å². The van der Waals surface area contributed by atoms with Gasteiger partial charge >= 0.3 is 0 Å². The molecule has 3 N–H and O–H groups in total. The van der Waals surface area contributed by atoms with E-state index in [1.807, 2.05) is 33.8 Å². The first-order valence-corrected chi connectivity index (χ1v) is 9.68. The number of hydrogen-bond donors (Lipinski definition) is 3. The summed E-state index contributed by atoms with van der Waals surface area (Å²) in [5, 5.41) is 8.61. The highest BCUT2D eigenvalue weighted by atomic mass is 32.2. The first kappa shape index (κ1) is 19.7. The van der Waals surface area contributed by atoms with Crippen LogP contribution < -0.4 is 16.0 Å². The van der Waals surface area contributed by atoms with Gasteiger partial charge in [-0.15, -0.1) is 0 Å². The lowest BCUT2D eigenvalue weighted by Gasteiger charge is -2.20. The molecule has 1 aromatic carbocycles. The number of amides is 1. The highest BCUT2D eigenvalue weighted by molar-refractivity contribution is 8.01. The van der Waals surface area contributed by atoms with Crippen LogP contribution in [0.25, 0.3) is 0 Å². The zero-order valence-corrected chi connectivity index (χ0v) is 16.7. The molecule has 136 valence electrons. The van der Waals surface area contributed by atoms with E-state index in [1.54, 1.807) is 25.2 Å². The number of benzene rings is 1. The molecule has 2 rings (SSSR count). The normalized spacial score (nSPS) is 18.5. The first-order chi connectivity index (χ1) is 11.7. The highest BCUT2D eigenvalue weighted by Crippen LogP contribution is 2.25. The third-order valence-corrected chi connectivity index (χ3v) is 5.83. The number of carbonyl (C=O) groups excluding carboxylic acids is 1. The fourth-order valence-electron chi connectivity index (χ4n) is 2.44. The second-order valence-electron chi connectivity index (χ2n) is 6.61. The molecule has 1 amide bonds. The lowest BCUT2D eigenvalue weighted by atomic mass is 10.1. The lowest BCUT2D eigenvalue weighted by Crippen LogP contribution is -2.37. The van der Waals surface area contributed by atoms with Crippen molar-refractivity contribution in [2.45, 2.75) is 44.6 Å². The molecule has 0 bridgehead atoms. The largest absolute Gasteiger partial charge is 0.350 e. The molecule has 25 heavy (non-hydrogen) atoms. The summed E-state index contributed by atoms with van der Waals surface area (Å²) >= 11 is 5.26. The Hall–Kier alpha value is -1.64. The van der Waals surface area contributed by atoms with Crippen molar-refractivity contribution in [3.8, 4) is 0 Å². The summed E-state index contributed by atoms with van der Waals surface area (Å²) in [6.45, 7) is 7.53. The summed E-state index contributed by atoms with van der Waals surface area (Å²) in [6.07, 6.45) is 0. The van der Waals surface area contributed by atoms with Gasteiger partial charge in [-0.2, -0.15) is 0 Å². The average Bonchev–Trinajstić information content (AvgIpc) is 2.81. The Kier molecular flexibility index (Phi) is 6.08. The number of hydrogen-bond acceptors (Lipinski definition) is 5. The summed E-state index contributed by atoms with van der Waals surface area (Å²) in [7, 11) is 0.176. The number of aliphatic imine (C=N–C) groups is 1. The zero-order chi connectivity index (χ0) is 18.8. The quantitative estimate of drug-likeness (QED) is 0.679. The van der Waals surface area contributed by atoms with Crippen LogP contribution in [0.2, 0.25) is 0 Å². The van der Waals surface area contributed by atoms with Gasteiger partial charge in [-0.05, 0) is 46.4 Å². The van der Waals surface area contributed by atoms with Crippen molar-refractivity contribution >= 4 is 39.1 Å². The maximum absolute atomic E-state index is 13.1. The predicted molar refractivity (Wildman–Crippen MR) is 106 cm³/mol. The van der Waals surface area contributed by atoms with E-state index in [0.717, 1.165) is 0 Å². The van der Waals surface area contributed by atoms with E-state index in [4.69, 9.17) is 12.2 Å². The minimum atomic E-state index is -1.53. The van der Waals surface area contributed by atoms with Gasteiger partial charge in [-0.3, -0.25) is 4.79 Å². The molecule has 0 spiro atoms. The van der Waals surface area contributed by atoms with Crippen LogP contribution >= 0.6 is 12.2 Å². The molecule has 0 saturated heterocycles. The number of rotatable bonds is 5. The third kappa shape index (κ3) is 4.31. The van der Waals surface area contributed by atoms with Crippen LogP contribution in [0.3, 0.4) is 0 Å². The van der Waals surface area contributed by atoms with E-state index in [0.29, 0.717) is 21.3 Å². The number of amidine groups is 1. The second kappa shape index (κ2) is 7.72. The molecule has 2 atom stereocenters. The standard InChI is InChI=1S/C17H24N4O2S2/c1-10(2)19-13(22)11-8-6-7-9-12(11)14(18-5)25(23)16-20-15(24)17(3,4)21-16/h6-10,14,18H,1-5H3,(H,19,22)(H,20,21,24). The van der Waals surface area contributed by atoms with Crippen molar-refractivity contribution in [1.82, 2.24) is 16.0 Å². The molecular weight excluding hydrogens is 356 g/mol. The Morgan fingerprint density at radius 3 is 2.48 bits per heavy atom.